The van der Waals surface area contributed by atoms with Crippen LogP contribution in [-0.4, -0.2) is 20.8 Å². The maximum atomic E-state index is 12.3. The molecule has 1 atom stereocenters. The molecule has 124 valence electrons. The number of carbonyl (C=O) groups is 1. The van der Waals surface area contributed by atoms with Crippen molar-refractivity contribution in [2.24, 2.45) is 13.0 Å². The highest BCUT2D eigenvalue weighted by molar-refractivity contribution is 5.78. The van der Waals surface area contributed by atoms with Crippen molar-refractivity contribution in [3.63, 3.8) is 0 Å². The molecule has 1 aromatic carbocycles. The molecule has 2 N–H and O–H groups in total. The van der Waals surface area contributed by atoms with Gasteiger partial charge in [0, 0.05) is 25.2 Å². The molecule has 0 aliphatic heterocycles. The average molecular weight is 315 g/mol. The first-order valence-corrected chi connectivity index (χ1v) is 7.88. The Balaban J connectivity index is 1.98. The molecule has 0 aliphatic carbocycles. The molecule has 23 heavy (non-hydrogen) atoms. The number of aliphatic hydroxyl groups excluding tert-OH is 1. The Kier molecular flexibility index (Phi) is 5.55. The van der Waals surface area contributed by atoms with E-state index in [-0.39, 0.29) is 18.4 Å². The molecule has 2 aromatic rings. The van der Waals surface area contributed by atoms with Gasteiger partial charge in [-0.1, -0.05) is 31.2 Å². The van der Waals surface area contributed by atoms with E-state index in [4.69, 9.17) is 0 Å². The van der Waals surface area contributed by atoms with Gasteiger partial charge in [-0.3, -0.25) is 9.48 Å². The smallest absolute Gasteiger partial charge is 0.223 e. The van der Waals surface area contributed by atoms with Gasteiger partial charge in [0.05, 0.1) is 12.3 Å². The third-order valence-corrected chi connectivity index (χ3v) is 4.36. The number of aliphatic hydroxyl groups is 1. The number of nitrogens with one attached hydrogen (secondary N) is 1. The lowest BCUT2D eigenvalue weighted by Gasteiger charge is -2.14. The van der Waals surface area contributed by atoms with Gasteiger partial charge in [0.2, 0.25) is 5.91 Å². The van der Waals surface area contributed by atoms with Gasteiger partial charge in [-0.2, -0.15) is 5.10 Å². The van der Waals surface area contributed by atoms with Gasteiger partial charge in [-0.05, 0) is 37.0 Å². The minimum absolute atomic E-state index is 0.0143. The third-order valence-electron chi connectivity index (χ3n) is 4.36. The van der Waals surface area contributed by atoms with Crippen molar-refractivity contribution in [2.75, 3.05) is 0 Å². The number of amides is 1. The standard InChI is InChI=1S/C18H25N3O2/c1-12(9-17-13(2)20-21(4)14(17)3)18(23)19-10-15-7-5-6-8-16(15)11-22/h5-8,12,22H,9-11H2,1-4H3,(H,19,23). The highest BCUT2D eigenvalue weighted by Crippen LogP contribution is 2.17. The van der Waals surface area contributed by atoms with Crippen molar-refractivity contribution >= 4 is 5.91 Å². The molecule has 2 rings (SSSR count). The Morgan fingerprint density at radius 3 is 2.52 bits per heavy atom. The molecule has 0 saturated heterocycles. The summed E-state index contributed by atoms with van der Waals surface area (Å²) in [4.78, 5) is 12.3. The fourth-order valence-corrected chi connectivity index (χ4v) is 2.75. The quantitative estimate of drug-likeness (QED) is 0.857. The number of hydrogen-bond acceptors (Lipinski definition) is 3. The van der Waals surface area contributed by atoms with Gasteiger partial charge >= 0.3 is 0 Å². The van der Waals surface area contributed by atoms with Crippen LogP contribution in [0.15, 0.2) is 24.3 Å². The van der Waals surface area contributed by atoms with Gasteiger partial charge in [-0.15, -0.1) is 0 Å². The van der Waals surface area contributed by atoms with Crippen LogP contribution in [0, 0.1) is 19.8 Å². The molecule has 0 saturated carbocycles. The van der Waals surface area contributed by atoms with Crippen molar-refractivity contribution < 1.29 is 9.90 Å². The summed E-state index contributed by atoms with van der Waals surface area (Å²) in [7, 11) is 1.92. The monoisotopic (exact) mass is 315 g/mol. The van der Waals surface area contributed by atoms with Crippen molar-refractivity contribution in [3.05, 3.63) is 52.3 Å². The maximum Gasteiger partial charge on any atom is 0.223 e. The molecular formula is C18H25N3O2. The second-order valence-corrected chi connectivity index (χ2v) is 6.02. The summed E-state index contributed by atoms with van der Waals surface area (Å²) in [6, 6.07) is 7.58. The second-order valence-electron chi connectivity index (χ2n) is 6.02. The molecule has 5 nitrogen and oxygen atoms in total. The maximum absolute atomic E-state index is 12.3. The number of hydrogen-bond donors (Lipinski definition) is 2. The Bertz CT molecular complexity index is 692. The number of benzene rings is 1. The van der Waals surface area contributed by atoms with Crippen LogP contribution < -0.4 is 5.32 Å². The summed E-state index contributed by atoms with van der Waals surface area (Å²) in [6.07, 6.45) is 0.680. The summed E-state index contributed by atoms with van der Waals surface area (Å²) in [5.74, 6) is -0.113. The van der Waals surface area contributed by atoms with Gasteiger partial charge in [0.25, 0.3) is 0 Å². The number of aromatic nitrogens is 2. The van der Waals surface area contributed by atoms with Crippen molar-refractivity contribution in [1.29, 1.82) is 0 Å². The minimum Gasteiger partial charge on any atom is -0.392 e. The molecule has 1 heterocycles. The molecule has 5 heteroatoms. The largest absolute Gasteiger partial charge is 0.392 e. The lowest BCUT2D eigenvalue weighted by atomic mass is 9.98. The molecule has 0 spiro atoms. The number of rotatable bonds is 6. The minimum atomic E-state index is -0.127. The molecule has 1 unspecified atom stereocenters. The first-order chi connectivity index (χ1) is 10.9. The second kappa shape index (κ2) is 7.42. The first kappa shape index (κ1) is 17.2. The normalized spacial score (nSPS) is 12.2. The molecular weight excluding hydrogens is 290 g/mol. The van der Waals surface area contributed by atoms with Gasteiger partial charge < -0.3 is 10.4 Å². The Morgan fingerprint density at radius 2 is 1.96 bits per heavy atom. The summed E-state index contributed by atoms with van der Waals surface area (Å²) >= 11 is 0. The molecule has 0 radical (unpaired) electrons. The summed E-state index contributed by atoms with van der Waals surface area (Å²) < 4.78 is 1.85. The van der Waals surface area contributed by atoms with Gasteiger partial charge in [0.15, 0.2) is 0 Å². The highest BCUT2D eigenvalue weighted by atomic mass is 16.3. The lowest BCUT2D eigenvalue weighted by molar-refractivity contribution is -0.124. The van der Waals surface area contributed by atoms with E-state index in [1.165, 1.54) is 0 Å². The van der Waals surface area contributed by atoms with Gasteiger partial charge in [0.1, 0.15) is 0 Å². The average Bonchev–Trinajstić information content (AvgIpc) is 2.79. The van der Waals surface area contributed by atoms with Crippen LogP contribution in [0.5, 0.6) is 0 Å². The van der Waals surface area contributed by atoms with E-state index in [1.807, 2.05) is 56.8 Å². The van der Waals surface area contributed by atoms with Crippen molar-refractivity contribution in [3.8, 4) is 0 Å². The Hall–Kier alpha value is -2.14. The predicted molar refractivity (Wildman–Crippen MR) is 89.8 cm³/mol. The zero-order chi connectivity index (χ0) is 17.0. The van der Waals surface area contributed by atoms with Crippen molar-refractivity contribution in [2.45, 2.75) is 40.3 Å². The summed E-state index contributed by atoms with van der Waals surface area (Å²) in [6.45, 7) is 6.35. The molecule has 0 fully saturated rings. The van der Waals surface area contributed by atoms with E-state index in [2.05, 4.69) is 10.4 Å². The first-order valence-electron chi connectivity index (χ1n) is 7.88. The fraction of sp³-hybridized carbons (Fsp3) is 0.444. The third kappa shape index (κ3) is 3.99. The van der Waals surface area contributed by atoms with E-state index < -0.39 is 0 Å². The molecule has 0 bridgehead atoms. The number of aryl methyl sites for hydroxylation is 2. The van der Waals surface area contributed by atoms with E-state index >= 15 is 0 Å². The summed E-state index contributed by atoms with van der Waals surface area (Å²) in [5.41, 5.74) is 5.03. The lowest BCUT2D eigenvalue weighted by Crippen LogP contribution is -2.30. The van der Waals surface area contributed by atoms with Gasteiger partial charge in [-0.25, -0.2) is 0 Å². The Labute approximate surface area is 137 Å². The Morgan fingerprint density at radius 1 is 1.30 bits per heavy atom. The highest BCUT2D eigenvalue weighted by Gasteiger charge is 2.18. The fourth-order valence-electron chi connectivity index (χ4n) is 2.75. The molecule has 1 aromatic heterocycles. The summed E-state index contributed by atoms with van der Waals surface area (Å²) in [5, 5.41) is 16.7. The van der Waals surface area contributed by atoms with Crippen LogP contribution in [0.2, 0.25) is 0 Å². The molecule has 1 amide bonds. The van der Waals surface area contributed by atoms with Crippen LogP contribution in [0.1, 0.15) is 35.0 Å². The SMILES string of the molecule is Cc1nn(C)c(C)c1CC(C)C(=O)NCc1ccccc1CO. The number of nitrogens with zero attached hydrogens (tertiary/aromatic N) is 2. The molecule has 0 aliphatic rings. The van der Waals surface area contributed by atoms with Crippen LogP contribution >= 0.6 is 0 Å². The van der Waals surface area contributed by atoms with Crippen LogP contribution in [0.4, 0.5) is 0 Å². The predicted octanol–water partition coefficient (Wildman–Crippen LogP) is 2.02. The topological polar surface area (TPSA) is 67.2 Å². The van der Waals surface area contributed by atoms with Crippen molar-refractivity contribution in [1.82, 2.24) is 15.1 Å². The van der Waals surface area contributed by atoms with Crippen LogP contribution in [-0.2, 0) is 31.4 Å². The van der Waals surface area contributed by atoms with E-state index in [9.17, 15) is 9.90 Å². The van der Waals surface area contributed by atoms with E-state index in [1.54, 1.807) is 0 Å². The number of carbonyl (C=O) groups excluding carboxylic acids is 1. The van der Waals surface area contributed by atoms with E-state index in [0.717, 1.165) is 28.1 Å². The van der Waals surface area contributed by atoms with Crippen LogP contribution in [0.3, 0.4) is 0 Å². The zero-order valence-electron chi connectivity index (χ0n) is 14.3. The van der Waals surface area contributed by atoms with Crippen LogP contribution in [0.25, 0.3) is 0 Å². The van der Waals surface area contributed by atoms with E-state index in [0.29, 0.717) is 13.0 Å². The zero-order valence-corrected chi connectivity index (χ0v) is 14.3.